The van der Waals surface area contributed by atoms with E-state index in [4.69, 9.17) is 4.74 Å². The Kier molecular flexibility index (Phi) is 6.56. The molecule has 1 amide bonds. The van der Waals surface area contributed by atoms with Crippen LogP contribution in [-0.4, -0.2) is 49.2 Å². The average Bonchev–Trinajstić information content (AvgIpc) is 3.20. The summed E-state index contributed by atoms with van der Waals surface area (Å²) in [5, 5.41) is 32.5. The first-order valence-corrected chi connectivity index (χ1v) is 11.5. The number of aromatic hydroxyl groups is 1. The quantitative estimate of drug-likeness (QED) is 0.561. The molecule has 0 radical (unpaired) electrons. The summed E-state index contributed by atoms with van der Waals surface area (Å²) in [6.45, 7) is 5.47. The third kappa shape index (κ3) is 5.44. The number of hydrogen-bond acceptors (Lipinski definition) is 7. The average molecular weight is 495 g/mol. The van der Waals surface area contributed by atoms with Crippen LogP contribution < -0.4 is 5.32 Å². The molecular weight excluding hydrogens is 465 g/mol. The number of amides is 1. The van der Waals surface area contributed by atoms with Crippen molar-refractivity contribution >= 4 is 11.9 Å². The molecule has 1 aromatic carbocycles. The maximum atomic E-state index is 13.1. The zero-order chi connectivity index (χ0) is 25.5. The van der Waals surface area contributed by atoms with Gasteiger partial charge in [0.05, 0.1) is 30.8 Å². The lowest BCUT2D eigenvalue weighted by atomic mass is 9.92. The first-order chi connectivity index (χ1) is 16.3. The van der Waals surface area contributed by atoms with E-state index in [-0.39, 0.29) is 30.4 Å². The van der Waals surface area contributed by atoms with E-state index in [0.29, 0.717) is 29.4 Å². The smallest absolute Gasteiger partial charge is 0.416 e. The van der Waals surface area contributed by atoms with Crippen molar-refractivity contribution in [1.82, 2.24) is 15.1 Å². The molecule has 2 aliphatic rings. The normalized spacial score (nSPS) is 20.5. The molecule has 11 heteroatoms. The van der Waals surface area contributed by atoms with E-state index in [1.165, 1.54) is 4.90 Å². The van der Waals surface area contributed by atoms with Crippen LogP contribution >= 0.6 is 0 Å². The highest BCUT2D eigenvalue weighted by atomic mass is 19.4. The minimum atomic E-state index is -4.61. The second-order valence-corrected chi connectivity index (χ2v) is 10.0. The Bertz CT molecular complexity index is 1120. The zero-order valence-electron chi connectivity index (χ0n) is 19.8. The van der Waals surface area contributed by atoms with Gasteiger partial charge in [-0.2, -0.15) is 13.2 Å². The van der Waals surface area contributed by atoms with Crippen molar-refractivity contribution in [3.05, 3.63) is 34.9 Å². The molecule has 4 rings (SSSR count). The summed E-state index contributed by atoms with van der Waals surface area (Å²) in [6.07, 6.45) is -2.42. The first-order valence-electron chi connectivity index (χ1n) is 11.5. The van der Waals surface area contributed by atoms with E-state index < -0.39 is 35.3 Å². The van der Waals surface area contributed by atoms with E-state index in [1.54, 1.807) is 20.8 Å². The number of fused-ring (bicyclic) bond motifs is 1. The summed E-state index contributed by atoms with van der Waals surface area (Å²) in [5.74, 6) is -0.192. The standard InChI is InChI=1S/C24H29F3N4O4/c1-23(2,3)35-22(34)31-11-15-16(12-31)21(28-17-6-4-5-7-18(17)32)30-29-20(15)14-9-8-13(10-19(14)33)24(25,26)27/h8-10,17-18,32-33H,4-7,11-12H2,1-3H3,(H,28,30)/t17-,18-/m1/s1. The van der Waals surface area contributed by atoms with Gasteiger partial charge in [0.1, 0.15) is 17.0 Å². The second-order valence-electron chi connectivity index (χ2n) is 10.0. The van der Waals surface area contributed by atoms with E-state index in [1.807, 2.05) is 0 Å². The van der Waals surface area contributed by atoms with Gasteiger partial charge in [-0.15, -0.1) is 10.2 Å². The molecule has 0 saturated heterocycles. The molecule has 2 atom stereocenters. The molecule has 2 heterocycles. The van der Waals surface area contributed by atoms with Crippen LogP contribution in [-0.2, 0) is 24.0 Å². The number of benzene rings is 1. The number of alkyl halides is 3. The van der Waals surface area contributed by atoms with Gasteiger partial charge in [0, 0.05) is 16.7 Å². The van der Waals surface area contributed by atoms with Gasteiger partial charge in [-0.3, -0.25) is 4.90 Å². The molecule has 2 aromatic rings. The van der Waals surface area contributed by atoms with Crippen LogP contribution in [0.2, 0.25) is 0 Å². The largest absolute Gasteiger partial charge is 0.507 e. The fourth-order valence-electron chi connectivity index (χ4n) is 4.44. The molecule has 0 bridgehead atoms. The van der Waals surface area contributed by atoms with Crippen molar-refractivity contribution in [1.29, 1.82) is 0 Å². The third-order valence-electron chi connectivity index (χ3n) is 6.17. The van der Waals surface area contributed by atoms with Crippen LogP contribution in [0.1, 0.15) is 63.1 Å². The number of carbonyl (C=O) groups excluding carboxylic acids is 1. The van der Waals surface area contributed by atoms with Gasteiger partial charge in [-0.1, -0.05) is 12.8 Å². The first kappa shape index (κ1) is 25.0. The second kappa shape index (κ2) is 9.18. The number of phenolic OH excluding ortho intramolecular Hbond substituents is 1. The Balaban J connectivity index is 1.72. The lowest BCUT2D eigenvalue weighted by Gasteiger charge is -2.29. The van der Waals surface area contributed by atoms with Gasteiger partial charge < -0.3 is 20.3 Å². The number of rotatable bonds is 3. The predicted molar refractivity (Wildman–Crippen MR) is 122 cm³/mol. The maximum absolute atomic E-state index is 13.1. The Morgan fingerprint density at radius 2 is 1.80 bits per heavy atom. The van der Waals surface area contributed by atoms with Gasteiger partial charge in [0.2, 0.25) is 0 Å². The minimum absolute atomic E-state index is 0.0806. The van der Waals surface area contributed by atoms with Gasteiger partial charge in [-0.05, 0) is 51.8 Å². The highest BCUT2D eigenvalue weighted by Gasteiger charge is 2.36. The fourth-order valence-corrected chi connectivity index (χ4v) is 4.44. The van der Waals surface area contributed by atoms with E-state index in [0.717, 1.165) is 31.4 Å². The van der Waals surface area contributed by atoms with Gasteiger partial charge >= 0.3 is 12.3 Å². The van der Waals surface area contributed by atoms with Crippen LogP contribution in [0.5, 0.6) is 5.75 Å². The molecule has 1 fully saturated rings. The summed E-state index contributed by atoms with van der Waals surface area (Å²) in [6, 6.07) is 2.43. The van der Waals surface area contributed by atoms with Crippen LogP contribution in [0.4, 0.5) is 23.8 Å². The zero-order valence-corrected chi connectivity index (χ0v) is 19.8. The van der Waals surface area contributed by atoms with Crippen LogP contribution in [0, 0.1) is 0 Å². The molecular formula is C24H29F3N4O4. The van der Waals surface area contributed by atoms with Gasteiger partial charge in [-0.25, -0.2) is 4.79 Å². The van der Waals surface area contributed by atoms with Crippen molar-refractivity contribution < 1.29 is 32.9 Å². The number of nitrogens with one attached hydrogen (secondary N) is 1. The van der Waals surface area contributed by atoms with Crippen molar-refractivity contribution in [3.8, 4) is 17.0 Å². The van der Waals surface area contributed by atoms with Crippen molar-refractivity contribution in [2.75, 3.05) is 5.32 Å². The number of carbonyl (C=O) groups is 1. The van der Waals surface area contributed by atoms with Crippen molar-refractivity contribution in [2.45, 2.75) is 83.5 Å². The molecule has 1 aliphatic heterocycles. The van der Waals surface area contributed by atoms with Crippen molar-refractivity contribution in [3.63, 3.8) is 0 Å². The molecule has 1 saturated carbocycles. The topological polar surface area (TPSA) is 108 Å². The minimum Gasteiger partial charge on any atom is -0.507 e. The highest BCUT2D eigenvalue weighted by molar-refractivity contribution is 5.76. The molecule has 1 aliphatic carbocycles. The summed E-state index contributed by atoms with van der Waals surface area (Å²) in [4.78, 5) is 14.2. The van der Waals surface area contributed by atoms with E-state index in [2.05, 4.69) is 15.5 Å². The monoisotopic (exact) mass is 494 g/mol. The Morgan fingerprint density at radius 3 is 2.43 bits per heavy atom. The molecule has 8 nitrogen and oxygen atoms in total. The summed E-state index contributed by atoms with van der Waals surface area (Å²) < 4.78 is 44.7. The van der Waals surface area contributed by atoms with Gasteiger partial charge in [0.15, 0.2) is 5.82 Å². The SMILES string of the molecule is CC(C)(C)OC(=O)N1Cc2c(N[C@@H]3CCCC[C@H]3O)nnc(-c3ccc(C(F)(F)F)cc3O)c2C1. The Hall–Kier alpha value is -3.08. The molecule has 3 N–H and O–H groups in total. The lowest BCUT2D eigenvalue weighted by Crippen LogP contribution is -2.37. The summed E-state index contributed by atoms with van der Waals surface area (Å²) >= 11 is 0. The number of halogens is 3. The van der Waals surface area contributed by atoms with Crippen molar-refractivity contribution in [2.24, 2.45) is 0 Å². The van der Waals surface area contributed by atoms with E-state index >= 15 is 0 Å². The maximum Gasteiger partial charge on any atom is 0.416 e. The number of aromatic nitrogens is 2. The van der Waals surface area contributed by atoms with Crippen LogP contribution in [0.3, 0.4) is 0 Å². The number of nitrogens with zero attached hydrogens (tertiary/aromatic N) is 3. The number of hydrogen-bond donors (Lipinski definition) is 3. The fraction of sp³-hybridized carbons (Fsp3) is 0.542. The Labute approximate surface area is 201 Å². The number of anilines is 1. The number of ether oxygens (including phenoxy) is 1. The predicted octanol–water partition coefficient (Wildman–Crippen LogP) is 4.83. The molecule has 0 unspecified atom stereocenters. The third-order valence-corrected chi connectivity index (χ3v) is 6.17. The van der Waals surface area contributed by atoms with Gasteiger partial charge in [0.25, 0.3) is 0 Å². The van der Waals surface area contributed by atoms with Crippen LogP contribution in [0.15, 0.2) is 18.2 Å². The lowest BCUT2D eigenvalue weighted by molar-refractivity contribution is -0.137. The highest BCUT2D eigenvalue weighted by Crippen LogP contribution is 2.41. The number of aliphatic hydroxyl groups is 1. The van der Waals surface area contributed by atoms with E-state index in [9.17, 15) is 28.2 Å². The molecule has 190 valence electrons. The molecule has 0 spiro atoms. The number of phenols is 1. The summed E-state index contributed by atoms with van der Waals surface area (Å²) in [7, 11) is 0. The number of aliphatic hydroxyl groups excluding tert-OH is 1. The Morgan fingerprint density at radius 1 is 1.11 bits per heavy atom. The molecule has 1 aromatic heterocycles. The van der Waals surface area contributed by atoms with Crippen LogP contribution in [0.25, 0.3) is 11.3 Å². The molecule has 35 heavy (non-hydrogen) atoms. The summed E-state index contributed by atoms with van der Waals surface area (Å²) in [5.41, 5.74) is -0.261.